The SMILES string of the molecule is CC.CC.CC.CN1CCC2c3c(ccc4c3CCCO4)N(C)C2CC1. The Labute approximate surface area is 162 Å². The molecule has 3 heterocycles. The number of rotatable bonds is 0. The van der Waals surface area contributed by atoms with Crippen molar-refractivity contribution in [3.05, 3.63) is 23.3 Å². The molecule has 1 saturated heterocycles. The van der Waals surface area contributed by atoms with Crippen molar-refractivity contribution in [2.75, 3.05) is 38.7 Å². The maximum Gasteiger partial charge on any atom is 0.122 e. The van der Waals surface area contributed by atoms with Crippen LogP contribution in [0.2, 0.25) is 0 Å². The summed E-state index contributed by atoms with van der Waals surface area (Å²) in [5.74, 6) is 1.86. The van der Waals surface area contributed by atoms with Gasteiger partial charge in [-0.2, -0.15) is 0 Å². The summed E-state index contributed by atoms with van der Waals surface area (Å²) in [5, 5.41) is 0. The standard InChI is InChI=1S/C17H24N2O.3C2H6/c1-18-9-7-12-14(8-10-18)19(2)15-5-6-16-13(17(12)15)4-3-11-20-16;3*1-2/h5-6,12,14H,3-4,7-11H2,1-2H3;3*1-2H3. The fourth-order valence-electron chi connectivity index (χ4n) is 4.37. The predicted octanol–water partition coefficient (Wildman–Crippen LogP) is 5.72. The fraction of sp³-hybridized carbons (Fsp3) is 0.739. The van der Waals surface area contributed by atoms with Crippen molar-refractivity contribution in [1.29, 1.82) is 0 Å². The first-order valence-corrected chi connectivity index (χ1v) is 11.0. The van der Waals surface area contributed by atoms with Crippen molar-refractivity contribution in [2.45, 2.75) is 79.2 Å². The lowest BCUT2D eigenvalue weighted by Gasteiger charge is -2.25. The summed E-state index contributed by atoms with van der Waals surface area (Å²) in [6.07, 6.45) is 4.94. The Balaban J connectivity index is 0.000000515. The first-order valence-electron chi connectivity index (χ1n) is 11.0. The minimum atomic E-state index is 0.684. The molecule has 0 spiro atoms. The third kappa shape index (κ3) is 4.54. The van der Waals surface area contributed by atoms with Gasteiger partial charge in [-0.1, -0.05) is 41.5 Å². The van der Waals surface area contributed by atoms with Gasteiger partial charge in [-0.05, 0) is 69.1 Å². The maximum atomic E-state index is 5.89. The summed E-state index contributed by atoms with van der Waals surface area (Å²) in [4.78, 5) is 5.02. The van der Waals surface area contributed by atoms with Crippen molar-refractivity contribution in [3.8, 4) is 5.75 Å². The van der Waals surface area contributed by atoms with Gasteiger partial charge < -0.3 is 14.5 Å². The molecule has 150 valence electrons. The Morgan fingerprint density at radius 1 is 0.923 bits per heavy atom. The summed E-state index contributed by atoms with van der Waals surface area (Å²) in [6, 6.07) is 5.17. The molecule has 0 saturated carbocycles. The lowest BCUT2D eigenvalue weighted by Crippen LogP contribution is -2.31. The van der Waals surface area contributed by atoms with Gasteiger partial charge in [0.05, 0.1) is 6.61 Å². The molecular weight excluding hydrogens is 320 g/mol. The minimum absolute atomic E-state index is 0.684. The van der Waals surface area contributed by atoms with Gasteiger partial charge in [0.15, 0.2) is 0 Å². The number of ether oxygens (including phenoxy) is 1. The molecule has 2 unspecified atom stereocenters. The molecule has 0 N–H and O–H groups in total. The number of likely N-dealkylation sites (tertiary alicyclic amines) is 1. The molecule has 0 radical (unpaired) electrons. The average Bonchev–Trinajstić information content (AvgIpc) is 2.86. The van der Waals surface area contributed by atoms with Gasteiger partial charge in [-0.3, -0.25) is 0 Å². The molecule has 4 rings (SSSR count). The summed E-state index contributed by atoms with van der Waals surface area (Å²) < 4.78 is 5.89. The van der Waals surface area contributed by atoms with E-state index >= 15 is 0 Å². The van der Waals surface area contributed by atoms with Gasteiger partial charge in [0.2, 0.25) is 0 Å². The maximum absolute atomic E-state index is 5.89. The molecule has 2 atom stereocenters. The molecule has 3 heteroatoms. The van der Waals surface area contributed by atoms with Crippen LogP contribution in [-0.2, 0) is 6.42 Å². The van der Waals surface area contributed by atoms with E-state index in [4.69, 9.17) is 4.74 Å². The van der Waals surface area contributed by atoms with Gasteiger partial charge in [0.25, 0.3) is 0 Å². The van der Waals surface area contributed by atoms with E-state index in [1.165, 1.54) is 50.0 Å². The zero-order valence-corrected chi connectivity index (χ0v) is 18.6. The Morgan fingerprint density at radius 2 is 1.58 bits per heavy atom. The summed E-state index contributed by atoms with van der Waals surface area (Å²) >= 11 is 0. The van der Waals surface area contributed by atoms with E-state index < -0.39 is 0 Å². The summed E-state index contributed by atoms with van der Waals surface area (Å²) in [7, 11) is 4.54. The number of hydrogen-bond donors (Lipinski definition) is 0. The van der Waals surface area contributed by atoms with E-state index in [-0.39, 0.29) is 0 Å². The van der Waals surface area contributed by atoms with E-state index in [0.717, 1.165) is 12.4 Å². The van der Waals surface area contributed by atoms with Crippen LogP contribution in [0.15, 0.2) is 12.1 Å². The molecule has 1 aromatic rings. The van der Waals surface area contributed by atoms with Crippen molar-refractivity contribution in [1.82, 2.24) is 4.90 Å². The summed E-state index contributed by atoms with van der Waals surface area (Å²) in [6.45, 7) is 15.3. The minimum Gasteiger partial charge on any atom is -0.493 e. The highest BCUT2D eigenvalue weighted by Gasteiger charge is 2.40. The predicted molar refractivity (Wildman–Crippen MR) is 116 cm³/mol. The third-order valence-corrected chi connectivity index (χ3v) is 5.46. The highest BCUT2D eigenvalue weighted by atomic mass is 16.5. The van der Waals surface area contributed by atoms with Crippen LogP contribution in [-0.4, -0.2) is 44.7 Å². The highest BCUT2D eigenvalue weighted by molar-refractivity contribution is 5.67. The lowest BCUT2D eigenvalue weighted by atomic mass is 9.86. The number of nitrogens with zero attached hydrogens (tertiary/aromatic N) is 2. The molecule has 0 aromatic heterocycles. The van der Waals surface area contributed by atoms with Crippen molar-refractivity contribution >= 4 is 5.69 Å². The van der Waals surface area contributed by atoms with Crippen LogP contribution in [0.5, 0.6) is 5.75 Å². The van der Waals surface area contributed by atoms with Gasteiger partial charge >= 0.3 is 0 Å². The number of anilines is 1. The average molecular weight is 363 g/mol. The molecular formula is C23H42N2O. The Hall–Kier alpha value is -1.22. The molecule has 0 amide bonds. The van der Waals surface area contributed by atoms with E-state index in [0.29, 0.717) is 12.0 Å². The molecule has 0 aliphatic carbocycles. The second-order valence-electron chi connectivity index (χ2n) is 6.59. The molecule has 1 aromatic carbocycles. The Bertz CT molecular complexity index is 529. The van der Waals surface area contributed by atoms with E-state index in [9.17, 15) is 0 Å². The van der Waals surface area contributed by atoms with Crippen LogP contribution in [0.1, 0.15) is 77.8 Å². The van der Waals surface area contributed by atoms with Gasteiger partial charge in [-0.15, -0.1) is 0 Å². The summed E-state index contributed by atoms with van der Waals surface area (Å²) in [5.41, 5.74) is 4.59. The zero-order chi connectivity index (χ0) is 19.7. The number of benzene rings is 1. The second kappa shape index (κ2) is 11.5. The van der Waals surface area contributed by atoms with E-state index in [1.807, 2.05) is 41.5 Å². The first kappa shape index (κ1) is 22.8. The molecule has 3 nitrogen and oxygen atoms in total. The smallest absolute Gasteiger partial charge is 0.122 e. The van der Waals surface area contributed by atoms with Crippen LogP contribution in [0.3, 0.4) is 0 Å². The van der Waals surface area contributed by atoms with E-state index in [2.05, 4.69) is 36.0 Å². The van der Waals surface area contributed by atoms with Crippen LogP contribution in [0, 0.1) is 0 Å². The quantitative estimate of drug-likeness (QED) is 0.587. The zero-order valence-electron chi connectivity index (χ0n) is 18.6. The largest absolute Gasteiger partial charge is 0.493 e. The van der Waals surface area contributed by atoms with Crippen molar-refractivity contribution in [3.63, 3.8) is 0 Å². The van der Waals surface area contributed by atoms with Gasteiger partial charge in [0.1, 0.15) is 5.75 Å². The van der Waals surface area contributed by atoms with Gasteiger partial charge in [0, 0.05) is 24.7 Å². The highest BCUT2D eigenvalue weighted by Crippen LogP contribution is 2.49. The fourth-order valence-corrected chi connectivity index (χ4v) is 4.37. The Kier molecular flexibility index (Phi) is 10.1. The topological polar surface area (TPSA) is 15.7 Å². The van der Waals surface area contributed by atoms with Crippen LogP contribution in [0.25, 0.3) is 0 Å². The normalized spacial score (nSPS) is 23.2. The molecule has 0 bridgehead atoms. The molecule has 3 aliphatic rings. The van der Waals surface area contributed by atoms with Crippen LogP contribution in [0.4, 0.5) is 5.69 Å². The second-order valence-corrected chi connectivity index (χ2v) is 6.59. The lowest BCUT2D eigenvalue weighted by molar-refractivity contribution is 0.287. The third-order valence-electron chi connectivity index (χ3n) is 5.46. The van der Waals surface area contributed by atoms with E-state index in [1.54, 1.807) is 5.56 Å². The van der Waals surface area contributed by atoms with Gasteiger partial charge in [-0.25, -0.2) is 0 Å². The van der Waals surface area contributed by atoms with Crippen molar-refractivity contribution in [2.24, 2.45) is 0 Å². The molecule has 3 aliphatic heterocycles. The number of hydrogen-bond acceptors (Lipinski definition) is 3. The first-order chi connectivity index (χ1) is 12.8. The van der Waals surface area contributed by atoms with Crippen LogP contribution >= 0.6 is 0 Å². The number of fused-ring (bicyclic) bond motifs is 5. The van der Waals surface area contributed by atoms with Crippen LogP contribution < -0.4 is 9.64 Å². The molecule has 1 fully saturated rings. The number of likely N-dealkylation sites (N-methyl/N-ethyl adjacent to an activating group) is 1. The Morgan fingerprint density at radius 3 is 2.27 bits per heavy atom. The molecule has 26 heavy (non-hydrogen) atoms. The van der Waals surface area contributed by atoms with Crippen molar-refractivity contribution < 1.29 is 4.74 Å². The monoisotopic (exact) mass is 362 g/mol.